The number of hydrogen-bond acceptors (Lipinski definition) is 2. The van der Waals surface area contributed by atoms with Crippen LogP contribution >= 0.6 is 0 Å². The Hall–Kier alpha value is -1.31. The molecule has 0 saturated carbocycles. The normalized spacial score (nSPS) is 10.8. The van der Waals surface area contributed by atoms with Crippen LogP contribution < -0.4 is 0 Å². The topological polar surface area (TPSA) is 21.6 Å². The van der Waals surface area contributed by atoms with Crippen LogP contribution in [0.1, 0.15) is 38.2 Å². The van der Waals surface area contributed by atoms with Crippen molar-refractivity contribution < 1.29 is 4.84 Å². The molecule has 16 heavy (non-hydrogen) atoms. The SMILES string of the molecule is CCCCCCON=CCc1ccccc1. The largest absolute Gasteiger partial charge is 0.396 e. The van der Waals surface area contributed by atoms with Gasteiger partial charge in [-0.05, 0) is 18.4 Å². The van der Waals surface area contributed by atoms with Crippen molar-refractivity contribution in [2.24, 2.45) is 5.16 Å². The molecular weight excluding hydrogens is 198 g/mol. The smallest absolute Gasteiger partial charge is 0.117 e. The summed E-state index contributed by atoms with van der Waals surface area (Å²) in [5, 5.41) is 3.94. The van der Waals surface area contributed by atoms with E-state index in [1.165, 1.54) is 24.8 Å². The number of oxime groups is 1. The lowest BCUT2D eigenvalue weighted by Crippen LogP contribution is -1.90. The molecule has 0 saturated heterocycles. The highest BCUT2D eigenvalue weighted by atomic mass is 16.6. The minimum atomic E-state index is 0.741. The van der Waals surface area contributed by atoms with Crippen LogP contribution in [0.2, 0.25) is 0 Å². The summed E-state index contributed by atoms with van der Waals surface area (Å²) in [4.78, 5) is 5.17. The Morgan fingerprint density at radius 2 is 1.94 bits per heavy atom. The molecular formula is C14H21NO. The van der Waals surface area contributed by atoms with Crippen molar-refractivity contribution in [3.05, 3.63) is 35.9 Å². The zero-order valence-electron chi connectivity index (χ0n) is 10.1. The molecule has 0 bridgehead atoms. The lowest BCUT2D eigenvalue weighted by Gasteiger charge is -1.98. The van der Waals surface area contributed by atoms with Crippen LogP contribution in [0.4, 0.5) is 0 Å². The van der Waals surface area contributed by atoms with E-state index in [0.29, 0.717) is 0 Å². The zero-order chi connectivity index (χ0) is 11.5. The van der Waals surface area contributed by atoms with Crippen molar-refractivity contribution in [1.29, 1.82) is 0 Å². The van der Waals surface area contributed by atoms with Crippen LogP contribution in [0.5, 0.6) is 0 Å². The zero-order valence-corrected chi connectivity index (χ0v) is 10.1. The van der Waals surface area contributed by atoms with Crippen LogP contribution in [0.15, 0.2) is 35.5 Å². The van der Waals surface area contributed by atoms with E-state index in [1.54, 1.807) is 0 Å². The summed E-state index contributed by atoms with van der Waals surface area (Å²) in [6.07, 6.45) is 7.57. The minimum Gasteiger partial charge on any atom is -0.396 e. The second-order valence-corrected chi connectivity index (χ2v) is 3.87. The fourth-order valence-corrected chi connectivity index (χ4v) is 1.46. The first-order valence-electron chi connectivity index (χ1n) is 6.11. The third-order valence-electron chi connectivity index (χ3n) is 2.41. The maximum absolute atomic E-state index is 5.17. The monoisotopic (exact) mass is 219 g/mol. The van der Waals surface area contributed by atoms with E-state index < -0.39 is 0 Å². The molecule has 2 heteroatoms. The predicted molar refractivity (Wildman–Crippen MR) is 68.7 cm³/mol. The minimum absolute atomic E-state index is 0.741. The predicted octanol–water partition coefficient (Wildman–Crippen LogP) is 3.81. The average Bonchev–Trinajstić information content (AvgIpc) is 2.34. The highest BCUT2D eigenvalue weighted by Crippen LogP contribution is 1.99. The Morgan fingerprint density at radius 3 is 2.69 bits per heavy atom. The summed E-state index contributed by atoms with van der Waals surface area (Å²) in [7, 11) is 0. The van der Waals surface area contributed by atoms with Crippen LogP contribution in [-0.2, 0) is 11.3 Å². The molecule has 0 spiro atoms. The number of benzene rings is 1. The van der Waals surface area contributed by atoms with Crippen LogP contribution in [0.25, 0.3) is 0 Å². The fraction of sp³-hybridized carbons (Fsp3) is 0.500. The molecule has 1 aromatic rings. The molecule has 0 N–H and O–H groups in total. The number of rotatable bonds is 8. The highest BCUT2D eigenvalue weighted by molar-refractivity contribution is 5.60. The van der Waals surface area contributed by atoms with Gasteiger partial charge < -0.3 is 4.84 Å². The van der Waals surface area contributed by atoms with E-state index in [9.17, 15) is 0 Å². The van der Waals surface area contributed by atoms with Gasteiger partial charge in [0.2, 0.25) is 0 Å². The Labute approximate surface area is 98.3 Å². The maximum atomic E-state index is 5.17. The first-order valence-corrected chi connectivity index (χ1v) is 6.11. The third-order valence-corrected chi connectivity index (χ3v) is 2.41. The standard InChI is InChI=1S/C14H21NO/c1-2-3-4-8-13-16-15-12-11-14-9-6-5-7-10-14/h5-7,9-10,12H,2-4,8,11,13H2,1H3. The molecule has 0 atom stereocenters. The summed E-state index contributed by atoms with van der Waals surface area (Å²) in [5.74, 6) is 0. The van der Waals surface area contributed by atoms with Crippen molar-refractivity contribution in [2.75, 3.05) is 6.61 Å². The number of unbranched alkanes of at least 4 members (excludes halogenated alkanes) is 3. The van der Waals surface area contributed by atoms with E-state index in [-0.39, 0.29) is 0 Å². The van der Waals surface area contributed by atoms with E-state index in [4.69, 9.17) is 4.84 Å². The van der Waals surface area contributed by atoms with Crippen molar-refractivity contribution in [1.82, 2.24) is 0 Å². The molecule has 0 amide bonds. The van der Waals surface area contributed by atoms with E-state index in [1.807, 2.05) is 24.4 Å². The van der Waals surface area contributed by atoms with Crippen molar-refractivity contribution in [3.8, 4) is 0 Å². The van der Waals surface area contributed by atoms with Gasteiger partial charge in [-0.3, -0.25) is 0 Å². The molecule has 2 nitrogen and oxygen atoms in total. The lowest BCUT2D eigenvalue weighted by atomic mass is 10.2. The molecule has 0 aliphatic heterocycles. The quantitative estimate of drug-likeness (QED) is 0.370. The van der Waals surface area contributed by atoms with E-state index in [2.05, 4.69) is 24.2 Å². The van der Waals surface area contributed by atoms with Crippen molar-refractivity contribution in [2.45, 2.75) is 39.0 Å². The molecule has 0 unspecified atom stereocenters. The lowest BCUT2D eigenvalue weighted by molar-refractivity contribution is 0.140. The van der Waals surface area contributed by atoms with Crippen molar-refractivity contribution in [3.63, 3.8) is 0 Å². The van der Waals surface area contributed by atoms with Crippen molar-refractivity contribution >= 4 is 6.21 Å². The molecule has 0 heterocycles. The highest BCUT2D eigenvalue weighted by Gasteiger charge is 1.88. The summed E-state index contributed by atoms with van der Waals surface area (Å²) in [6.45, 7) is 2.95. The van der Waals surface area contributed by atoms with Crippen LogP contribution in [0, 0.1) is 0 Å². The van der Waals surface area contributed by atoms with Crippen LogP contribution in [-0.4, -0.2) is 12.8 Å². The maximum Gasteiger partial charge on any atom is 0.117 e. The second-order valence-electron chi connectivity index (χ2n) is 3.87. The van der Waals surface area contributed by atoms with Gasteiger partial charge in [-0.25, -0.2) is 0 Å². The van der Waals surface area contributed by atoms with Gasteiger partial charge in [-0.1, -0.05) is 55.3 Å². The third kappa shape index (κ3) is 6.23. The number of nitrogens with zero attached hydrogens (tertiary/aromatic N) is 1. The van der Waals surface area contributed by atoms with E-state index >= 15 is 0 Å². The Balaban J connectivity index is 2.01. The van der Waals surface area contributed by atoms with Gasteiger partial charge in [0.15, 0.2) is 0 Å². The van der Waals surface area contributed by atoms with Gasteiger partial charge in [0, 0.05) is 12.6 Å². The Kier molecular flexibility index (Phi) is 7.14. The average molecular weight is 219 g/mol. The number of hydrogen-bond donors (Lipinski definition) is 0. The Morgan fingerprint density at radius 1 is 1.12 bits per heavy atom. The summed E-state index contributed by atoms with van der Waals surface area (Å²) in [5.41, 5.74) is 1.26. The summed E-state index contributed by atoms with van der Waals surface area (Å²) in [6, 6.07) is 10.3. The van der Waals surface area contributed by atoms with Gasteiger partial charge in [0.1, 0.15) is 6.61 Å². The molecule has 0 radical (unpaired) electrons. The first-order chi connectivity index (χ1) is 7.93. The summed E-state index contributed by atoms with van der Waals surface area (Å²) < 4.78 is 0. The molecule has 88 valence electrons. The molecule has 1 aromatic carbocycles. The fourth-order valence-electron chi connectivity index (χ4n) is 1.46. The van der Waals surface area contributed by atoms with Crippen LogP contribution in [0.3, 0.4) is 0 Å². The molecule has 0 aliphatic rings. The molecule has 1 rings (SSSR count). The van der Waals surface area contributed by atoms with Gasteiger partial charge in [-0.2, -0.15) is 0 Å². The summed E-state index contributed by atoms with van der Waals surface area (Å²) >= 11 is 0. The molecule has 0 aromatic heterocycles. The van der Waals surface area contributed by atoms with Gasteiger partial charge >= 0.3 is 0 Å². The molecule has 0 aliphatic carbocycles. The van der Waals surface area contributed by atoms with Gasteiger partial charge in [-0.15, -0.1) is 0 Å². The first kappa shape index (κ1) is 12.8. The Bertz CT molecular complexity index is 282. The molecule has 0 fully saturated rings. The van der Waals surface area contributed by atoms with E-state index in [0.717, 1.165) is 19.4 Å². The van der Waals surface area contributed by atoms with Gasteiger partial charge in [0.25, 0.3) is 0 Å². The second kappa shape index (κ2) is 8.96. The van der Waals surface area contributed by atoms with Gasteiger partial charge in [0.05, 0.1) is 0 Å².